The van der Waals surface area contributed by atoms with Gasteiger partial charge < -0.3 is 4.98 Å². The Bertz CT molecular complexity index is 519. The van der Waals surface area contributed by atoms with E-state index in [4.69, 9.17) is 0 Å². The predicted molar refractivity (Wildman–Crippen MR) is 64.3 cm³/mol. The quantitative estimate of drug-likeness (QED) is 0.785. The van der Waals surface area contributed by atoms with Crippen LogP contribution in [-0.4, -0.2) is 11.2 Å². The molecule has 1 aromatic carbocycles. The Balaban J connectivity index is 2.64. The topological polar surface area (TPSA) is 32.9 Å². The molecule has 0 fully saturated rings. The van der Waals surface area contributed by atoms with Gasteiger partial charge in [0.05, 0.1) is 0 Å². The van der Waals surface area contributed by atoms with Crippen LogP contribution in [0.3, 0.4) is 0 Å². The van der Waals surface area contributed by atoms with E-state index >= 15 is 0 Å². The van der Waals surface area contributed by atoms with E-state index < -0.39 is 0 Å². The molecule has 0 aliphatic rings. The van der Waals surface area contributed by atoms with Crippen LogP contribution < -0.4 is 5.56 Å². The number of hydrogen-bond acceptors (Lipinski definition) is 2. The van der Waals surface area contributed by atoms with Crippen LogP contribution in [0.1, 0.15) is 0 Å². The normalized spacial score (nSPS) is 10.2. The number of nitrogens with one attached hydrogen (secondary N) is 1. The molecule has 15 heavy (non-hydrogen) atoms. The number of aromatic amines is 1. The third-order valence-corrected chi connectivity index (χ3v) is 3.01. The van der Waals surface area contributed by atoms with Gasteiger partial charge in [-0.1, -0.05) is 18.2 Å². The van der Waals surface area contributed by atoms with Crippen LogP contribution in [0.2, 0.25) is 0 Å². The van der Waals surface area contributed by atoms with Gasteiger partial charge in [0, 0.05) is 22.2 Å². The van der Waals surface area contributed by atoms with E-state index in [2.05, 4.69) is 4.98 Å². The van der Waals surface area contributed by atoms with Gasteiger partial charge >= 0.3 is 0 Å². The van der Waals surface area contributed by atoms with E-state index in [9.17, 15) is 4.79 Å². The fraction of sp³-hybridized carbons (Fsp3) is 0.0833. The minimum absolute atomic E-state index is 0.0426. The van der Waals surface area contributed by atoms with Crippen LogP contribution in [0.5, 0.6) is 0 Å². The summed E-state index contributed by atoms with van der Waals surface area (Å²) in [6.07, 6.45) is 3.66. The first-order valence-electron chi connectivity index (χ1n) is 4.64. The molecule has 2 aromatic rings. The van der Waals surface area contributed by atoms with Crippen LogP contribution in [-0.2, 0) is 0 Å². The first-order chi connectivity index (χ1) is 7.33. The van der Waals surface area contributed by atoms with Crippen molar-refractivity contribution in [3.63, 3.8) is 0 Å². The second-order valence-corrected chi connectivity index (χ2v) is 3.96. The molecule has 0 saturated heterocycles. The van der Waals surface area contributed by atoms with Crippen LogP contribution in [0.4, 0.5) is 0 Å². The highest BCUT2D eigenvalue weighted by atomic mass is 32.2. The number of aromatic nitrogens is 1. The Morgan fingerprint density at radius 3 is 2.53 bits per heavy atom. The average Bonchev–Trinajstić information content (AvgIpc) is 2.30. The second-order valence-electron chi connectivity index (χ2n) is 3.11. The van der Waals surface area contributed by atoms with Crippen LogP contribution in [0.25, 0.3) is 11.1 Å². The Labute approximate surface area is 92.4 Å². The number of hydrogen-bond donors (Lipinski definition) is 1. The fourth-order valence-corrected chi connectivity index (χ4v) is 2.11. The molecule has 1 heterocycles. The van der Waals surface area contributed by atoms with Crippen molar-refractivity contribution in [3.05, 3.63) is 52.9 Å². The summed E-state index contributed by atoms with van der Waals surface area (Å²) in [6.45, 7) is 0. The molecule has 1 N–H and O–H groups in total. The van der Waals surface area contributed by atoms with Crippen molar-refractivity contribution in [3.8, 4) is 11.1 Å². The van der Waals surface area contributed by atoms with Gasteiger partial charge in [-0.3, -0.25) is 4.79 Å². The van der Waals surface area contributed by atoms with Gasteiger partial charge in [0.15, 0.2) is 0 Å². The number of benzene rings is 1. The molecule has 0 amide bonds. The summed E-state index contributed by atoms with van der Waals surface area (Å²) in [5.74, 6) is 0. The van der Waals surface area contributed by atoms with Crippen molar-refractivity contribution in [2.24, 2.45) is 0 Å². The standard InChI is InChI=1S/C12H11NOS/c1-15-11-7-3-2-5-9(11)10-6-4-8-13-12(10)14/h2-8H,1H3,(H,13,14). The van der Waals surface area contributed by atoms with Gasteiger partial charge in [0.1, 0.15) is 0 Å². The van der Waals surface area contributed by atoms with E-state index in [0.717, 1.165) is 16.0 Å². The van der Waals surface area contributed by atoms with Crippen LogP contribution >= 0.6 is 11.8 Å². The zero-order chi connectivity index (χ0) is 10.7. The molecular formula is C12H11NOS. The van der Waals surface area contributed by atoms with E-state index in [-0.39, 0.29) is 5.56 Å². The van der Waals surface area contributed by atoms with Crippen molar-refractivity contribution in [2.75, 3.05) is 6.26 Å². The maximum absolute atomic E-state index is 11.6. The molecule has 0 atom stereocenters. The highest BCUT2D eigenvalue weighted by molar-refractivity contribution is 7.98. The molecule has 2 rings (SSSR count). The molecule has 0 aliphatic heterocycles. The molecule has 3 heteroatoms. The van der Waals surface area contributed by atoms with E-state index in [1.807, 2.05) is 42.7 Å². The fourth-order valence-electron chi connectivity index (χ4n) is 1.50. The second kappa shape index (κ2) is 4.36. The highest BCUT2D eigenvalue weighted by Crippen LogP contribution is 2.27. The lowest BCUT2D eigenvalue weighted by Gasteiger charge is -2.05. The lowest BCUT2D eigenvalue weighted by molar-refractivity contribution is 1.23. The summed E-state index contributed by atoms with van der Waals surface area (Å²) in [4.78, 5) is 15.4. The molecule has 0 saturated carbocycles. The summed E-state index contributed by atoms with van der Waals surface area (Å²) in [5.41, 5.74) is 1.67. The van der Waals surface area contributed by atoms with Crippen molar-refractivity contribution in [1.82, 2.24) is 4.98 Å². The number of H-pyrrole nitrogens is 1. The highest BCUT2D eigenvalue weighted by Gasteiger charge is 2.06. The first kappa shape index (κ1) is 10.1. The van der Waals surface area contributed by atoms with Gasteiger partial charge in [-0.15, -0.1) is 11.8 Å². The maximum atomic E-state index is 11.6. The number of pyridine rings is 1. The molecule has 0 aliphatic carbocycles. The molecule has 76 valence electrons. The summed E-state index contributed by atoms with van der Waals surface area (Å²) in [5, 5.41) is 0. The van der Waals surface area contributed by atoms with E-state index in [1.165, 1.54) is 0 Å². The van der Waals surface area contributed by atoms with Crippen LogP contribution in [0.15, 0.2) is 52.3 Å². The van der Waals surface area contributed by atoms with E-state index in [0.29, 0.717) is 0 Å². The minimum Gasteiger partial charge on any atom is -0.329 e. The van der Waals surface area contributed by atoms with Gasteiger partial charge in [-0.25, -0.2) is 0 Å². The number of rotatable bonds is 2. The first-order valence-corrected chi connectivity index (χ1v) is 5.86. The predicted octanol–water partition coefficient (Wildman–Crippen LogP) is 2.76. The number of thioether (sulfide) groups is 1. The monoisotopic (exact) mass is 217 g/mol. The SMILES string of the molecule is CSc1ccccc1-c1ccc[nH]c1=O. The smallest absolute Gasteiger partial charge is 0.255 e. The molecule has 0 spiro atoms. The molecule has 0 radical (unpaired) electrons. The van der Waals surface area contributed by atoms with Gasteiger partial charge in [0.2, 0.25) is 0 Å². The zero-order valence-corrected chi connectivity index (χ0v) is 9.17. The third kappa shape index (κ3) is 1.97. The Kier molecular flexibility index (Phi) is 2.92. The lowest BCUT2D eigenvalue weighted by atomic mass is 10.1. The molecule has 0 bridgehead atoms. The van der Waals surface area contributed by atoms with Gasteiger partial charge in [-0.2, -0.15) is 0 Å². The average molecular weight is 217 g/mol. The Hall–Kier alpha value is -1.48. The van der Waals surface area contributed by atoms with E-state index in [1.54, 1.807) is 18.0 Å². The minimum atomic E-state index is -0.0426. The summed E-state index contributed by atoms with van der Waals surface area (Å²) in [7, 11) is 0. The van der Waals surface area contributed by atoms with Crippen molar-refractivity contribution in [1.29, 1.82) is 0 Å². The van der Waals surface area contributed by atoms with Crippen LogP contribution in [0, 0.1) is 0 Å². The maximum Gasteiger partial charge on any atom is 0.255 e. The molecular weight excluding hydrogens is 206 g/mol. The van der Waals surface area contributed by atoms with Gasteiger partial charge in [0.25, 0.3) is 5.56 Å². The third-order valence-electron chi connectivity index (χ3n) is 2.22. The summed E-state index contributed by atoms with van der Waals surface area (Å²) < 4.78 is 0. The van der Waals surface area contributed by atoms with Gasteiger partial charge in [-0.05, 0) is 24.5 Å². The Morgan fingerprint density at radius 1 is 1.07 bits per heavy atom. The summed E-state index contributed by atoms with van der Waals surface area (Å²) in [6, 6.07) is 11.6. The molecule has 2 nitrogen and oxygen atoms in total. The molecule has 1 aromatic heterocycles. The largest absolute Gasteiger partial charge is 0.329 e. The van der Waals surface area contributed by atoms with Crippen molar-refractivity contribution >= 4 is 11.8 Å². The summed E-state index contributed by atoms with van der Waals surface area (Å²) >= 11 is 1.65. The van der Waals surface area contributed by atoms with Crippen molar-refractivity contribution < 1.29 is 0 Å². The lowest BCUT2D eigenvalue weighted by Crippen LogP contribution is -2.07. The zero-order valence-electron chi connectivity index (χ0n) is 8.36. The molecule has 0 unspecified atom stereocenters. The van der Waals surface area contributed by atoms with Crippen molar-refractivity contribution in [2.45, 2.75) is 4.90 Å². The Morgan fingerprint density at radius 2 is 1.80 bits per heavy atom.